The second kappa shape index (κ2) is 3.94. The molecule has 0 unspecified atom stereocenters. The number of carbonyl (C=O) groups excluding carboxylic acids is 2. The summed E-state index contributed by atoms with van der Waals surface area (Å²) >= 11 is 0. The minimum absolute atomic E-state index is 0.0601. The van der Waals surface area contributed by atoms with E-state index in [0.29, 0.717) is 13.0 Å². The van der Waals surface area contributed by atoms with Crippen LogP contribution in [0.15, 0.2) is 0 Å². The summed E-state index contributed by atoms with van der Waals surface area (Å²) in [6, 6.07) is -0.126. The molecule has 68 valence electrons. The maximum atomic E-state index is 10.8. The molecule has 3 N–H and O–H groups in total. The van der Waals surface area contributed by atoms with Crippen LogP contribution in [0.1, 0.15) is 12.8 Å². The summed E-state index contributed by atoms with van der Waals surface area (Å²) in [5.74, 6) is 0.0601. The van der Waals surface area contributed by atoms with Crippen molar-refractivity contribution in [2.24, 2.45) is 0 Å². The van der Waals surface area contributed by atoms with Gasteiger partial charge in [0.15, 0.2) is 0 Å². The summed E-state index contributed by atoms with van der Waals surface area (Å²) in [7, 11) is 1.57. The number of rotatable bonds is 1. The molecule has 0 spiro atoms. The number of hydrogen-bond donors (Lipinski definition) is 3. The van der Waals surface area contributed by atoms with Gasteiger partial charge >= 0.3 is 6.03 Å². The first-order valence-electron chi connectivity index (χ1n) is 3.97. The van der Waals surface area contributed by atoms with E-state index in [1.807, 2.05) is 0 Å². The van der Waals surface area contributed by atoms with E-state index in [1.54, 1.807) is 7.05 Å². The average molecular weight is 171 g/mol. The lowest BCUT2D eigenvalue weighted by Crippen LogP contribution is -2.49. The molecule has 12 heavy (non-hydrogen) atoms. The topological polar surface area (TPSA) is 70.2 Å². The lowest BCUT2D eigenvalue weighted by molar-refractivity contribution is -0.122. The summed E-state index contributed by atoms with van der Waals surface area (Å²) < 4.78 is 0. The van der Waals surface area contributed by atoms with E-state index in [2.05, 4.69) is 16.0 Å². The van der Waals surface area contributed by atoms with Crippen LogP contribution in [0.2, 0.25) is 0 Å². The zero-order valence-corrected chi connectivity index (χ0v) is 7.02. The molecule has 1 aliphatic heterocycles. The van der Waals surface area contributed by atoms with E-state index >= 15 is 0 Å². The number of urea groups is 1. The standard InChI is InChI=1S/C7H13N3O2/c1-8-7(12)10-5-2-3-6(11)9-4-5/h5H,2-4H2,1H3,(H,9,11)(H2,8,10,12)/t5-/m0/s1. The monoisotopic (exact) mass is 171 g/mol. The van der Waals surface area contributed by atoms with Gasteiger partial charge in [-0.25, -0.2) is 4.79 Å². The molecular formula is C7H13N3O2. The normalized spacial score (nSPS) is 22.8. The number of carbonyl (C=O) groups is 2. The van der Waals surface area contributed by atoms with Crippen LogP contribution < -0.4 is 16.0 Å². The Bertz CT molecular complexity index is 183. The fraction of sp³-hybridized carbons (Fsp3) is 0.714. The first-order chi connectivity index (χ1) is 5.72. The molecule has 1 saturated heterocycles. The molecule has 0 aliphatic carbocycles. The Hall–Kier alpha value is -1.26. The van der Waals surface area contributed by atoms with E-state index < -0.39 is 0 Å². The van der Waals surface area contributed by atoms with Gasteiger partial charge in [0.05, 0.1) is 0 Å². The van der Waals surface area contributed by atoms with Gasteiger partial charge in [-0.15, -0.1) is 0 Å². The van der Waals surface area contributed by atoms with Gasteiger partial charge in [-0.2, -0.15) is 0 Å². The van der Waals surface area contributed by atoms with Crippen molar-refractivity contribution in [1.82, 2.24) is 16.0 Å². The van der Waals surface area contributed by atoms with Gasteiger partial charge in [0, 0.05) is 26.1 Å². The number of nitrogens with one attached hydrogen (secondary N) is 3. The molecule has 3 amide bonds. The van der Waals surface area contributed by atoms with Gasteiger partial charge in [-0.1, -0.05) is 0 Å². The Morgan fingerprint density at radius 2 is 2.42 bits per heavy atom. The molecule has 0 aromatic heterocycles. The molecule has 5 nitrogen and oxygen atoms in total. The number of hydrogen-bond acceptors (Lipinski definition) is 2. The van der Waals surface area contributed by atoms with Crippen molar-refractivity contribution >= 4 is 11.9 Å². The van der Waals surface area contributed by atoms with E-state index in [0.717, 1.165) is 6.42 Å². The molecule has 1 heterocycles. The molecule has 1 fully saturated rings. The summed E-state index contributed by atoms with van der Waals surface area (Å²) in [6.45, 7) is 0.534. The van der Waals surface area contributed by atoms with Crippen molar-refractivity contribution in [1.29, 1.82) is 0 Å². The predicted octanol–water partition coefficient (Wildman–Crippen LogP) is -0.806. The second-order valence-corrected chi connectivity index (χ2v) is 2.76. The van der Waals surface area contributed by atoms with E-state index in [4.69, 9.17) is 0 Å². The molecule has 0 saturated carbocycles. The van der Waals surface area contributed by atoms with E-state index in [1.165, 1.54) is 0 Å². The Morgan fingerprint density at radius 3 is 2.92 bits per heavy atom. The third-order valence-electron chi connectivity index (χ3n) is 1.83. The fourth-order valence-corrected chi connectivity index (χ4v) is 1.11. The van der Waals surface area contributed by atoms with Gasteiger partial charge in [-0.3, -0.25) is 4.79 Å². The van der Waals surface area contributed by atoms with Crippen LogP contribution >= 0.6 is 0 Å². The average Bonchev–Trinajstić information content (AvgIpc) is 2.09. The van der Waals surface area contributed by atoms with Crippen molar-refractivity contribution in [2.75, 3.05) is 13.6 Å². The molecule has 5 heteroatoms. The number of amides is 3. The zero-order valence-electron chi connectivity index (χ0n) is 7.02. The highest BCUT2D eigenvalue weighted by Gasteiger charge is 2.18. The fourth-order valence-electron chi connectivity index (χ4n) is 1.11. The van der Waals surface area contributed by atoms with E-state index in [-0.39, 0.29) is 18.0 Å². The maximum absolute atomic E-state index is 10.8. The molecule has 0 bridgehead atoms. The van der Waals surface area contributed by atoms with Crippen molar-refractivity contribution in [3.05, 3.63) is 0 Å². The van der Waals surface area contributed by atoms with Crippen molar-refractivity contribution in [3.63, 3.8) is 0 Å². The van der Waals surface area contributed by atoms with Gasteiger partial charge in [-0.05, 0) is 6.42 Å². The minimum Gasteiger partial charge on any atom is -0.354 e. The van der Waals surface area contributed by atoms with Crippen LogP contribution in [0.5, 0.6) is 0 Å². The summed E-state index contributed by atoms with van der Waals surface area (Å²) in [5.41, 5.74) is 0. The SMILES string of the molecule is CNC(=O)N[C@H]1CCC(=O)NC1. The van der Waals surface area contributed by atoms with Crippen molar-refractivity contribution in [3.8, 4) is 0 Å². The Kier molecular flexibility index (Phi) is 2.90. The predicted molar refractivity (Wildman–Crippen MR) is 43.6 cm³/mol. The Balaban J connectivity index is 2.26. The van der Waals surface area contributed by atoms with Gasteiger partial charge in [0.1, 0.15) is 0 Å². The highest BCUT2D eigenvalue weighted by atomic mass is 16.2. The summed E-state index contributed by atoms with van der Waals surface area (Å²) in [5, 5.41) is 7.87. The number of piperidine rings is 1. The maximum Gasteiger partial charge on any atom is 0.314 e. The molecule has 1 atom stereocenters. The van der Waals surface area contributed by atoms with Crippen LogP contribution in [-0.2, 0) is 4.79 Å². The van der Waals surface area contributed by atoms with Gasteiger partial charge in [0.25, 0.3) is 0 Å². The molecular weight excluding hydrogens is 158 g/mol. The lowest BCUT2D eigenvalue weighted by atomic mass is 10.1. The summed E-state index contributed by atoms with van der Waals surface area (Å²) in [6.07, 6.45) is 1.22. The first kappa shape index (κ1) is 8.83. The Labute approximate surface area is 70.9 Å². The second-order valence-electron chi connectivity index (χ2n) is 2.76. The quantitative estimate of drug-likeness (QED) is 0.483. The van der Waals surface area contributed by atoms with Gasteiger partial charge < -0.3 is 16.0 Å². The van der Waals surface area contributed by atoms with Crippen LogP contribution in [0.4, 0.5) is 4.79 Å². The molecule has 0 aromatic carbocycles. The molecule has 1 rings (SSSR count). The minimum atomic E-state index is -0.198. The molecule has 0 aromatic rings. The third-order valence-corrected chi connectivity index (χ3v) is 1.83. The largest absolute Gasteiger partial charge is 0.354 e. The molecule has 0 radical (unpaired) electrons. The zero-order chi connectivity index (χ0) is 8.97. The van der Waals surface area contributed by atoms with Crippen molar-refractivity contribution < 1.29 is 9.59 Å². The lowest BCUT2D eigenvalue weighted by Gasteiger charge is -2.22. The van der Waals surface area contributed by atoms with Gasteiger partial charge in [0.2, 0.25) is 5.91 Å². The van der Waals surface area contributed by atoms with Crippen LogP contribution in [0.25, 0.3) is 0 Å². The van der Waals surface area contributed by atoms with E-state index in [9.17, 15) is 9.59 Å². The first-order valence-corrected chi connectivity index (χ1v) is 3.97. The Morgan fingerprint density at radius 1 is 1.67 bits per heavy atom. The highest BCUT2D eigenvalue weighted by molar-refractivity contribution is 5.78. The summed E-state index contributed by atoms with van der Waals surface area (Å²) in [4.78, 5) is 21.6. The molecule has 1 aliphatic rings. The van der Waals surface area contributed by atoms with Crippen LogP contribution in [-0.4, -0.2) is 31.6 Å². The smallest absolute Gasteiger partial charge is 0.314 e. The third kappa shape index (κ3) is 2.41. The van der Waals surface area contributed by atoms with Crippen LogP contribution in [0, 0.1) is 0 Å². The highest BCUT2D eigenvalue weighted by Crippen LogP contribution is 2.01. The van der Waals surface area contributed by atoms with Crippen LogP contribution in [0.3, 0.4) is 0 Å². The van der Waals surface area contributed by atoms with Crippen molar-refractivity contribution in [2.45, 2.75) is 18.9 Å².